The monoisotopic (exact) mass is 205 g/mol. The van der Waals surface area contributed by atoms with Gasteiger partial charge < -0.3 is 10.8 Å². The quantitative estimate of drug-likeness (QED) is 0.778. The molecular weight excluding hydrogens is 186 g/mol. The molecule has 0 spiro atoms. The summed E-state index contributed by atoms with van der Waals surface area (Å²) in [6.07, 6.45) is 2.29. The molecule has 1 saturated carbocycles. The Morgan fingerprint density at radius 2 is 1.93 bits per heavy atom. The Morgan fingerprint density at radius 1 is 1.33 bits per heavy atom. The Kier molecular flexibility index (Phi) is 2.27. The summed E-state index contributed by atoms with van der Waals surface area (Å²) >= 11 is 0. The van der Waals surface area contributed by atoms with Crippen LogP contribution in [0.2, 0.25) is 0 Å². The van der Waals surface area contributed by atoms with Crippen LogP contribution in [0.25, 0.3) is 0 Å². The van der Waals surface area contributed by atoms with E-state index in [1.807, 2.05) is 19.9 Å². The van der Waals surface area contributed by atoms with Crippen LogP contribution >= 0.6 is 0 Å². The summed E-state index contributed by atoms with van der Waals surface area (Å²) in [5.74, 6) is 0.400. The van der Waals surface area contributed by atoms with Crippen molar-refractivity contribution in [1.82, 2.24) is 0 Å². The van der Waals surface area contributed by atoms with Crippen LogP contribution in [0.5, 0.6) is 5.75 Å². The Hall–Kier alpha value is -1.02. The number of nitrogens with two attached hydrogens (primary N) is 1. The highest BCUT2D eigenvalue weighted by Crippen LogP contribution is 2.51. The summed E-state index contributed by atoms with van der Waals surface area (Å²) in [6.45, 7) is 6.04. The van der Waals surface area contributed by atoms with Gasteiger partial charge in [0.2, 0.25) is 0 Å². The van der Waals surface area contributed by atoms with Crippen molar-refractivity contribution in [3.63, 3.8) is 0 Å². The predicted molar refractivity (Wildman–Crippen MR) is 62.1 cm³/mol. The Morgan fingerprint density at radius 3 is 2.33 bits per heavy atom. The van der Waals surface area contributed by atoms with Gasteiger partial charge in [-0.1, -0.05) is 6.07 Å². The van der Waals surface area contributed by atoms with Gasteiger partial charge in [-0.25, -0.2) is 0 Å². The molecule has 0 aromatic heterocycles. The van der Waals surface area contributed by atoms with Gasteiger partial charge in [-0.05, 0) is 56.4 Å². The number of phenols is 1. The fraction of sp³-hybridized carbons (Fsp3) is 0.538. The number of rotatable bonds is 2. The summed E-state index contributed by atoms with van der Waals surface area (Å²) in [4.78, 5) is 0. The lowest BCUT2D eigenvalue weighted by Crippen LogP contribution is -2.31. The van der Waals surface area contributed by atoms with Crippen LogP contribution in [0.3, 0.4) is 0 Å². The molecule has 1 aliphatic carbocycles. The van der Waals surface area contributed by atoms with E-state index in [4.69, 9.17) is 5.73 Å². The smallest absolute Gasteiger partial charge is 0.119 e. The Balaban J connectivity index is 2.47. The summed E-state index contributed by atoms with van der Waals surface area (Å²) < 4.78 is 0. The first kappa shape index (κ1) is 10.5. The van der Waals surface area contributed by atoms with Gasteiger partial charge in [0.15, 0.2) is 0 Å². The summed E-state index contributed by atoms with van der Waals surface area (Å²) in [5.41, 5.74) is 9.48. The Bertz CT molecular complexity index is 369. The molecule has 0 aliphatic heterocycles. The van der Waals surface area contributed by atoms with Crippen molar-refractivity contribution < 1.29 is 5.11 Å². The number of phenolic OH excluding ortho intramolecular Hbond substituents is 1. The molecule has 1 aliphatic rings. The third kappa shape index (κ3) is 1.53. The van der Waals surface area contributed by atoms with Gasteiger partial charge in [-0.15, -0.1) is 0 Å². The molecule has 2 rings (SSSR count). The largest absolute Gasteiger partial charge is 0.508 e. The molecule has 1 fully saturated rings. The van der Waals surface area contributed by atoms with Gasteiger partial charge >= 0.3 is 0 Å². The first-order valence-electron chi connectivity index (χ1n) is 5.53. The molecule has 1 aromatic carbocycles. The maximum Gasteiger partial charge on any atom is 0.119 e. The van der Waals surface area contributed by atoms with E-state index in [2.05, 4.69) is 13.0 Å². The van der Waals surface area contributed by atoms with Gasteiger partial charge in [-0.2, -0.15) is 0 Å². The van der Waals surface area contributed by atoms with E-state index in [-0.39, 0.29) is 11.5 Å². The Labute approximate surface area is 91.1 Å². The van der Waals surface area contributed by atoms with Crippen molar-refractivity contribution in [3.05, 3.63) is 28.8 Å². The van der Waals surface area contributed by atoms with Crippen LogP contribution < -0.4 is 5.73 Å². The van der Waals surface area contributed by atoms with Gasteiger partial charge in [0.25, 0.3) is 0 Å². The molecular formula is C13H19NO. The zero-order chi connectivity index (χ0) is 11.2. The van der Waals surface area contributed by atoms with Crippen molar-refractivity contribution in [2.24, 2.45) is 5.73 Å². The van der Waals surface area contributed by atoms with E-state index in [0.29, 0.717) is 5.75 Å². The summed E-state index contributed by atoms with van der Waals surface area (Å²) in [6, 6.07) is 4.23. The molecule has 3 N–H and O–H groups in total. The average Bonchev–Trinajstić information content (AvgIpc) is 2.93. The van der Waals surface area contributed by atoms with Crippen molar-refractivity contribution in [2.45, 2.75) is 45.1 Å². The average molecular weight is 205 g/mol. The molecule has 1 atom stereocenters. The topological polar surface area (TPSA) is 46.2 Å². The third-order valence-electron chi connectivity index (χ3n) is 3.88. The van der Waals surface area contributed by atoms with E-state index in [1.165, 1.54) is 5.56 Å². The van der Waals surface area contributed by atoms with E-state index in [9.17, 15) is 5.11 Å². The maximum atomic E-state index is 9.81. The van der Waals surface area contributed by atoms with Gasteiger partial charge in [-0.3, -0.25) is 0 Å². The van der Waals surface area contributed by atoms with Crippen LogP contribution in [0.1, 0.15) is 36.5 Å². The van der Waals surface area contributed by atoms with Crippen LogP contribution in [-0.4, -0.2) is 11.1 Å². The van der Waals surface area contributed by atoms with E-state index in [1.54, 1.807) is 0 Å². The molecule has 82 valence electrons. The summed E-state index contributed by atoms with van der Waals surface area (Å²) in [5, 5.41) is 9.81. The van der Waals surface area contributed by atoms with Gasteiger partial charge in [0.1, 0.15) is 5.75 Å². The van der Waals surface area contributed by atoms with Crippen molar-refractivity contribution in [1.29, 1.82) is 0 Å². The molecule has 0 heterocycles. The third-order valence-corrected chi connectivity index (χ3v) is 3.88. The predicted octanol–water partition coefficient (Wildman–Crippen LogP) is 2.39. The molecule has 0 radical (unpaired) electrons. The van der Waals surface area contributed by atoms with Crippen molar-refractivity contribution in [2.75, 3.05) is 0 Å². The number of hydrogen-bond acceptors (Lipinski definition) is 2. The minimum atomic E-state index is 0.135. The van der Waals surface area contributed by atoms with Crippen LogP contribution in [0.15, 0.2) is 12.1 Å². The molecule has 0 amide bonds. The summed E-state index contributed by atoms with van der Waals surface area (Å²) in [7, 11) is 0. The van der Waals surface area contributed by atoms with E-state index < -0.39 is 0 Å². The lowest BCUT2D eigenvalue weighted by atomic mass is 9.87. The zero-order valence-electron chi connectivity index (χ0n) is 9.67. The first-order chi connectivity index (χ1) is 6.97. The highest BCUT2D eigenvalue weighted by molar-refractivity contribution is 5.46. The fourth-order valence-electron chi connectivity index (χ4n) is 2.27. The second kappa shape index (κ2) is 3.24. The van der Waals surface area contributed by atoms with Gasteiger partial charge in [0, 0.05) is 11.5 Å². The lowest BCUT2D eigenvalue weighted by Gasteiger charge is -2.21. The first-order valence-corrected chi connectivity index (χ1v) is 5.53. The molecule has 2 nitrogen and oxygen atoms in total. The molecule has 1 unspecified atom stereocenters. The second-order valence-corrected chi connectivity index (χ2v) is 4.88. The van der Waals surface area contributed by atoms with Crippen molar-refractivity contribution in [3.8, 4) is 5.75 Å². The van der Waals surface area contributed by atoms with E-state index in [0.717, 1.165) is 24.0 Å². The minimum Gasteiger partial charge on any atom is -0.508 e. The SMILES string of the molecule is Cc1cc(C2(C(C)N)CC2)cc(O)c1C. The molecule has 0 bridgehead atoms. The number of hydrogen-bond donors (Lipinski definition) is 2. The lowest BCUT2D eigenvalue weighted by molar-refractivity contribution is 0.466. The molecule has 1 aromatic rings. The van der Waals surface area contributed by atoms with Crippen molar-refractivity contribution >= 4 is 0 Å². The molecule has 0 saturated heterocycles. The highest BCUT2D eigenvalue weighted by Gasteiger charge is 2.47. The standard InChI is InChI=1S/C13H19NO/c1-8-6-11(7-12(15)9(8)2)13(4-5-13)10(3)14/h6-7,10,15H,4-5,14H2,1-3H3. The molecule has 15 heavy (non-hydrogen) atoms. The van der Waals surface area contributed by atoms with Crippen LogP contribution in [0.4, 0.5) is 0 Å². The zero-order valence-corrected chi connectivity index (χ0v) is 9.67. The number of aryl methyl sites for hydroxylation is 1. The fourth-order valence-corrected chi connectivity index (χ4v) is 2.27. The van der Waals surface area contributed by atoms with E-state index >= 15 is 0 Å². The van der Waals surface area contributed by atoms with Gasteiger partial charge in [0.05, 0.1) is 0 Å². The second-order valence-electron chi connectivity index (χ2n) is 4.88. The number of benzene rings is 1. The highest BCUT2D eigenvalue weighted by atomic mass is 16.3. The van der Waals surface area contributed by atoms with Crippen LogP contribution in [-0.2, 0) is 5.41 Å². The normalized spacial score (nSPS) is 20.0. The van der Waals surface area contributed by atoms with Crippen LogP contribution in [0, 0.1) is 13.8 Å². The molecule has 2 heteroatoms. The maximum absolute atomic E-state index is 9.81. The minimum absolute atomic E-state index is 0.135. The number of aromatic hydroxyl groups is 1.